The third-order valence-electron chi connectivity index (χ3n) is 5.89. The fourth-order valence-corrected chi connectivity index (χ4v) is 4.18. The molecule has 1 saturated heterocycles. The van der Waals surface area contributed by atoms with Gasteiger partial charge < -0.3 is 14.2 Å². The lowest BCUT2D eigenvalue weighted by Crippen LogP contribution is -2.61. The van der Waals surface area contributed by atoms with Gasteiger partial charge in [-0.05, 0) is 20.3 Å². The molecule has 0 atom stereocenters. The highest BCUT2D eigenvalue weighted by atomic mass is 16.5. The van der Waals surface area contributed by atoms with Crippen molar-refractivity contribution in [3.05, 3.63) is 64.8 Å². The van der Waals surface area contributed by atoms with Gasteiger partial charge in [-0.25, -0.2) is 9.97 Å². The summed E-state index contributed by atoms with van der Waals surface area (Å²) in [5.41, 5.74) is 4.34. The summed E-state index contributed by atoms with van der Waals surface area (Å²) >= 11 is 0. The van der Waals surface area contributed by atoms with Crippen molar-refractivity contribution in [2.24, 2.45) is 0 Å². The molecule has 0 unspecified atom stereocenters. The first kappa shape index (κ1) is 18.0. The molecule has 2 aliphatic rings. The van der Waals surface area contributed by atoms with E-state index in [0.29, 0.717) is 38.4 Å². The molecule has 1 amide bonds. The number of rotatable bonds is 4. The number of carbonyl (C=O) groups excluding carboxylic acids is 1. The Bertz CT molecular complexity index is 1050. The van der Waals surface area contributed by atoms with E-state index in [1.165, 1.54) is 0 Å². The molecule has 7 heteroatoms. The summed E-state index contributed by atoms with van der Waals surface area (Å²) in [4.78, 5) is 23.7. The van der Waals surface area contributed by atoms with Crippen LogP contribution in [0.3, 0.4) is 0 Å². The molecule has 0 aliphatic carbocycles. The van der Waals surface area contributed by atoms with Gasteiger partial charge in [-0.1, -0.05) is 35.5 Å². The third-order valence-corrected chi connectivity index (χ3v) is 5.89. The number of ether oxygens (including phenoxy) is 1. The van der Waals surface area contributed by atoms with Gasteiger partial charge in [-0.2, -0.15) is 0 Å². The first-order valence-electron chi connectivity index (χ1n) is 9.81. The summed E-state index contributed by atoms with van der Waals surface area (Å²) in [5.74, 6) is 1.61. The number of amides is 1. The van der Waals surface area contributed by atoms with Gasteiger partial charge in [0.25, 0.3) is 0 Å². The zero-order valence-corrected chi connectivity index (χ0v) is 16.5. The van der Waals surface area contributed by atoms with Crippen molar-refractivity contribution in [2.75, 3.05) is 13.1 Å². The first-order chi connectivity index (χ1) is 14.1. The zero-order valence-electron chi connectivity index (χ0n) is 16.5. The van der Waals surface area contributed by atoms with Crippen LogP contribution in [0.15, 0.2) is 41.1 Å². The number of fused-ring (bicyclic) bond motifs is 2. The standard InChI is InChI=1S/C22H22N4O3/c1-14-17(15(2)29-25-14)8-9-20(27)26-12-22(13-26)18-10-23-21(24-19(18)11-28-22)16-6-4-3-5-7-16/h3-7,10H,8-9,11-13H2,1-2H3. The number of aryl methyl sites for hydroxylation is 2. The second-order valence-electron chi connectivity index (χ2n) is 7.76. The average Bonchev–Trinajstić information content (AvgIpc) is 3.25. The number of likely N-dealkylation sites (tertiary alicyclic amines) is 1. The molecule has 1 aromatic carbocycles. The molecule has 148 valence electrons. The Labute approximate surface area is 168 Å². The van der Waals surface area contributed by atoms with Gasteiger partial charge in [-0.3, -0.25) is 4.79 Å². The molecule has 2 aliphatic heterocycles. The van der Waals surface area contributed by atoms with Crippen molar-refractivity contribution in [1.29, 1.82) is 0 Å². The van der Waals surface area contributed by atoms with Gasteiger partial charge in [0, 0.05) is 29.3 Å². The van der Waals surface area contributed by atoms with E-state index in [9.17, 15) is 4.79 Å². The molecule has 1 fully saturated rings. The fraction of sp³-hybridized carbons (Fsp3) is 0.364. The van der Waals surface area contributed by atoms with Gasteiger partial charge in [0.05, 0.1) is 31.1 Å². The van der Waals surface area contributed by atoms with Crippen molar-refractivity contribution in [3.63, 3.8) is 0 Å². The summed E-state index contributed by atoms with van der Waals surface area (Å²) in [7, 11) is 0. The lowest BCUT2D eigenvalue weighted by Gasteiger charge is -2.47. The normalized spacial score (nSPS) is 16.7. The maximum Gasteiger partial charge on any atom is 0.223 e. The molecule has 4 heterocycles. The highest BCUT2D eigenvalue weighted by molar-refractivity contribution is 5.78. The summed E-state index contributed by atoms with van der Waals surface area (Å²) in [6, 6.07) is 9.91. The second-order valence-corrected chi connectivity index (χ2v) is 7.76. The first-order valence-corrected chi connectivity index (χ1v) is 9.81. The minimum Gasteiger partial charge on any atom is -0.361 e. The van der Waals surface area contributed by atoms with Crippen molar-refractivity contribution < 1.29 is 14.1 Å². The van der Waals surface area contributed by atoms with Crippen LogP contribution in [0.5, 0.6) is 0 Å². The van der Waals surface area contributed by atoms with E-state index < -0.39 is 5.60 Å². The molecule has 1 spiro atoms. The van der Waals surface area contributed by atoms with Gasteiger partial charge in [0.1, 0.15) is 11.4 Å². The molecule has 0 N–H and O–H groups in total. The largest absolute Gasteiger partial charge is 0.361 e. The van der Waals surface area contributed by atoms with Crippen LogP contribution >= 0.6 is 0 Å². The Morgan fingerprint density at radius 2 is 2.00 bits per heavy atom. The smallest absolute Gasteiger partial charge is 0.223 e. The molecule has 29 heavy (non-hydrogen) atoms. The van der Waals surface area contributed by atoms with Crippen molar-refractivity contribution >= 4 is 5.91 Å². The number of aromatic nitrogens is 3. The van der Waals surface area contributed by atoms with E-state index in [2.05, 4.69) is 10.1 Å². The summed E-state index contributed by atoms with van der Waals surface area (Å²) in [6.45, 7) is 5.34. The Hall–Kier alpha value is -3.06. The maximum absolute atomic E-state index is 12.6. The number of nitrogens with zero attached hydrogens (tertiary/aromatic N) is 4. The maximum atomic E-state index is 12.6. The predicted octanol–water partition coefficient (Wildman–Crippen LogP) is 2.95. The Morgan fingerprint density at radius 1 is 1.21 bits per heavy atom. The monoisotopic (exact) mass is 390 g/mol. The van der Waals surface area contributed by atoms with Crippen molar-refractivity contribution in [3.8, 4) is 11.4 Å². The number of benzene rings is 1. The summed E-state index contributed by atoms with van der Waals surface area (Å²) in [5, 5.41) is 3.95. The van der Waals surface area contributed by atoms with E-state index in [-0.39, 0.29) is 5.91 Å². The third kappa shape index (κ3) is 3.02. The molecule has 0 radical (unpaired) electrons. The molecule has 5 rings (SSSR count). The topological polar surface area (TPSA) is 81.4 Å². The number of carbonyl (C=O) groups is 1. The van der Waals surface area contributed by atoms with Crippen LogP contribution in [-0.4, -0.2) is 39.0 Å². The minimum absolute atomic E-state index is 0.120. The van der Waals surface area contributed by atoms with Crippen LogP contribution < -0.4 is 0 Å². The number of hydrogen-bond acceptors (Lipinski definition) is 6. The molecule has 0 saturated carbocycles. The highest BCUT2D eigenvalue weighted by Gasteiger charge is 2.52. The lowest BCUT2D eigenvalue weighted by molar-refractivity contribution is -0.168. The van der Waals surface area contributed by atoms with Gasteiger partial charge >= 0.3 is 0 Å². The molecule has 7 nitrogen and oxygen atoms in total. The Morgan fingerprint density at radius 3 is 2.72 bits per heavy atom. The van der Waals surface area contributed by atoms with E-state index in [4.69, 9.17) is 14.2 Å². The SMILES string of the molecule is Cc1noc(C)c1CCC(=O)N1CC2(C1)OCc1nc(-c3ccccc3)ncc12. The number of hydrogen-bond donors (Lipinski definition) is 0. The summed E-state index contributed by atoms with van der Waals surface area (Å²) < 4.78 is 11.3. The predicted molar refractivity (Wildman–Crippen MR) is 105 cm³/mol. The molecule has 2 aromatic heterocycles. The summed E-state index contributed by atoms with van der Waals surface area (Å²) in [6.07, 6.45) is 2.95. The zero-order chi connectivity index (χ0) is 20.0. The van der Waals surface area contributed by atoms with Crippen LogP contribution in [0.4, 0.5) is 0 Å². The van der Waals surface area contributed by atoms with Crippen LogP contribution in [0.1, 0.15) is 34.7 Å². The van der Waals surface area contributed by atoms with Crippen molar-refractivity contribution in [2.45, 2.75) is 38.9 Å². The van der Waals surface area contributed by atoms with E-state index in [1.54, 1.807) is 0 Å². The minimum atomic E-state index is -0.455. The van der Waals surface area contributed by atoms with Gasteiger partial charge in [0.2, 0.25) is 5.91 Å². The second kappa shape index (κ2) is 6.77. The Balaban J connectivity index is 1.26. The van der Waals surface area contributed by atoms with Gasteiger partial charge in [0.15, 0.2) is 5.82 Å². The molecular formula is C22H22N4O3. The van der Waals surface area contributed by atoms with E-state index in [1.807, 2.05) is 55.3 Å². The van der Waals surface area contributed by atoms with Crippen LogP contribution in [-0.2, 0) is 28.2 Å². The Kier molecular flexibility index (Phi) is 4.20. The van der Waals surface area contributed by atoms with E-state index >= 15 is 0 Å². The fourth-order valence-electron chi connectivity index (χ4n) is 4.18. The molecule has 0 bridgehead atoms. The van der Waals surface area contributed by atoms with E-state index in [0.717, 1.165) is 33.8 Å². The van der Waals surface area contributed by atoms with Crippen LogP contribution in [0.2, 0.25) is 0 Å². The lowest BCUT2D eigenvalue weighted by atomic mass is 9.87. The van der Waals surface area contributed by atoms with Crippen LogP contribution in [0, 0.1) is 13.8 Å². The van der Waals surface area contributed by atoms with Gasteiger partial charge in [-0.15, -0.1) is 0 Å². The average molecular weight is 390 g/mol. The molecule has 3 aromatic rings. The highest BCUT2D eigenvalue weighted by Crippen LogP contribution is 2.43. The molecular weight excluding hydrogens is 368 g/mol. The van der Waals surface area contributed by atoms with Crippen molar-refractivity contribution in [1.82, 2.24) is 20.0 Å². The quantitative estimate of drug-likeness (QED) is 0.681. The van der Waals surface area contributed by atoms with Crippen LogP contribution in [0.25, 0.3) is 11.4 Å².